The summed E-state index contributed by atoms with van der Waals surface area (Å²) in [7, 11) is 0. The lowest BCUT2D eigenvalue weighted by molar-refractivity contribution is 0.274. The number of hydrogen-bond donors (Lipinski definition) is 2. The molecule has 0 saturated heterocycles. The molecule has 0 spiro atoms. The third-order valence-electron chi connectivity index (χ3n) is 4.72. The van der Waals surface area contributed by atoms with Crippen molar-refractivity contribution in [1.29, 1.82) is 0 Å². The molecule has 2 aromatic heterocycles. The molecule has 0 atom stereocenters. The minimum atomic E-state index is -0.491. The Kier molecular flexibility index (Phi) is 5.00. The van der Waals surface area contributed by atoms with Crippen molar-refractivity contribution in [2.75, 3.05) is 16.9 Å². The van der Waals surface area contributed by atoms with E-state index in [1.165, 1.54) is 18.5 Å². The Morgan fingerprint density at radius 1 is 1.22 bits per heavy atom. The molecular formula is C18H18ClFN6O. The van der Waals surface area contributed by atoms with E-state index in [1.807, 2.05) is 0 Å². The van der Waals surface area contributed by atoms with Crippen LogP contribution in [0.1, 0.15) is 25.7 Å². The molecule has 3 aromatic rings. The number of hydrogen-bond acceptors (Lipinski definition) is 7. The molecule has 0 radical (unpaired) electrons. The highest BCUT2D eigenvalue weighted by Gasteiger charge is 2.24. The molecule has 0 bridgehead atoms. The summed E-state index contributed by atoms with van der Waals surface area (Å²) in [6.45, 7) is -0.153. The van der Waals surface area contributed by atoms with Crippen LogP contribution in [0.2, 0.25) is 5.02 Å². The van der Waals surface area contributed by atoms with Gasteiger partial charge in [0.2, 0.25) is 5.95 Å². The molecule has 7 nitrogen and oxygen atoms in total. The van der Waals surface area contributed by atoms with Crippen molar-refractivity contribution in [3.05, 3.63) is 41.6 Å². The Hall–Kier alpha value is -2.58. The van der Waals surface area contributed by atoms with E-state index < -0.39 is 5.82 Å². The molecular weight excluding hydrogens is 371 g/mol. The summed E-state index contributed by atoms with van der Waals surface area (Å²) in [6, 6.07) is 4.55. The van der Waals surface area contributed by atoms with Gasteiger partial charge in [0.05, 0.1) is 11.2 Å². The number of fused-ring (bicyclic) bond motifs is 1. The predicted octanol–water partition coefficient (Wildman–Crippen LogP) is 3.65. The largest absolute Gasteiger partial charge is 0.376 e. The number of anilines is 3. The number of aromatic nitrogens is 4. The van der Waals surface area contributed by atoms with Crippen molar-refractivity contribution < 1.29 is 9.50 Å². The van der Waals surface area contributed by atoms with E-state index in [0.29, 0.717) is 28.5 Å². The monoisotopic (exact) mass is 388 g/mol. The number of aliphatic hydroxyl groups excluding tert-OH is 1. The predicted molar refractivity (Wildman–Crippen MR) is 102 cm³/mol. The van der Waals surface area contributed by atoms with Crippen LogP contribution in [0.5, 0.6) is 0 Å². The van der Waals surface area contributed by atoms with Crippen LogP contribution in [0.25, 0.3) is 11.0 Å². The fraction of sp³-hybridized carbons (Fsp3) is 0.333. The summed E-state index contributed by atoms with van der Waals surface area (Å²) in [5.74, 6) is 0.400. The van der Waals surface area contributed by atoms with Crippen LogP contribution in [0.4, 0.5) is 21.8 Å². The fourth-order valence-electron chi connectivity index (χ4n) is 3.34. The summed E-state index contributed by atoms with van der Waals surface area (Å²) < 4.78 is 13.4. The topological polar surface area (TPSA) is 87.1 Å². The van der Waals surface area contributed by atoms with Crippen LogP contribution in [-0.2, 0) is 0 Å². The molecule has 1 aliphatic rings. The van der Waals surface area contributed by atoms with E-state index >= 15 is 0 Å². The molecule has 4 rings (SSSR count). The number of nitrogens with zero attached hydrogens (tertiary/aromatic N) is 5. The van der Waals surface area contributed by atoms with Gasteiger partial charge >= 0.3 is 0 Å². The second-order valence-electron chi connectivity index (χ2n) is 6.43. The minimum Gasteiger partial charge on any atom is -0.376 e. The summed E-state index contributed by atoms with van der Waals surface area (Å²) >= 11 is 5.85. The first-order valence-corrected chi connectivity index (χ1v) is 9.11. The quantitative estimate of drug-likeness (QED) is 0.645. The van der Waals surface area contributed by atoms with E-state index in [9.17, 15) is 9.50 Å². The van der Waals surface area contributed by atoms with Crippen molar-refractivity contribution in [1.82, 2.24) is 19.9 Å². The summed E-state index contributed by atoms with van der Waals surface area (Å²) in [5.41, 5.74) is 1.66. The maximum atomic E-state index is 13.4. The first-order valence-electron chi connectivity index (χ1n) is 8.73. The molecule has 2 N–H and O–H groups in total. The Morgan fingerprint density at radius 3 is 2.78 bits per heavy atom. The van der Waals surface area contributed by atoms with Crippen LogP contribution in [0, 0.1) is 5.82 Å². The zero-order valence-electron chi connectivity index (χ0n) is 14.4. The van der Waals surface area contributed by atoms with E-state index in [2.05, 4.69) is 25.3 Å². The number of nitrogens with one attached hydrogen (secondary N) is 1. The maximum Gasteiger partial charge on any atom is 0.228 e. The van der Waals surface area contributed by atoms with Gasteiger partial charge in [-0.1, -0.05) is 24.4 Å². The van der Waals surface area contributed by atoms with Crippen LogP contribution in [-0.4, -0.2) is 37.8 Å². The van der Waals surface area contributed by atoms with Crippen LogP contribution in [0.15, 0.2) is 30.7 Å². The van der Waals surface area contributed by atoms with Crippen molar-refractivity contribution in [3.8, 4) is 0 Å². The lowest BCUT2D eigenvalue weighted by Gasteiger charge is -2.26. The number of benzene rings is 1. The first-order chi connectivity index (χ1) is 13.2. The van der Waals surface area contributed by atoms with Crippen LogP contribution in [0.3, 0.4) is 0 Å². The number of halogens is 2. The third kappa shape index (κ3) is 3.63. The zero-order chi connectivity index (χ0) is 18.8. The summed E-state index contributed by atoms with van der Waals surface area (Å²) in [5, 5.41) is 12.9. The molecule has 0 aliphatic heterocycles. The van der Waals surface area contributed by atoms with Gasteiger partial charge in [0, 0.05) is 11.7 Å². The van der Waals surface area contributed by atoms with Gasteiger partial charge in [0.15, 0.2) is 5.82 Å². The van der Waals surface area contributed by atoms with Crippen LogP contribution >= 0.6 is 11.6 Å². The molecule has 2 heterocycles. The summed E-state index contributed by atoms with van der Waals surface area (Å²) in [4.78, 5) is 19.2. The molecule has 1 saturated carbocycles. The van der Waals surface area contributed by atoms with Crippen molar-refractivity contribution in [3.63, 3.8) is 0 Å². The molecule has 1 aliphatic carbocycles. The molecule has 140 valence electrons. The number of aliphatic hydroxyl groups is 1. The number of rotatable bonds is 5. The average Bonchev–Trinajstić information content (AvgIpc) is 3.20. The van der Waals surface area contributed by atoms with E-state index in [1.54, 1.807) is 17.2 Å². The first kappa shape index (κ1) is 17.8. The van der Waals surface area contributed by atoms with Gasteiger partial charge in [-0.3, -0.25) is 0 Å². The molecule has 0 unspecified atom stereocenters. The normalized spacial score (nSPS) is 14.6. The Labute approximate surface area is 160 Å². The van der Waals surface area contributed by atoms with E-state index in [4.69, 9.17) is 11.6 Å². The van der Waals surface area contributed by atoms with Gasteiger partial charge in [-0.25, -0.2) is 24.3 Å². The third-order valence-corrected chi connectivity index (χ3v) is 5.01. The van der Waals surface area contributed by atoms with Gasteiger partial charge < -0.3 is 15.3 Å². The molecule has 9 heteroatoms. The summed E-state index contributed by atoms with van der Waals surface area (Å²) in [6.07, 6.45) is 7.30. The molecule has 1 fully saturated rings. The van der Waals surface area contributed by atoms with Crippen molar-refractivity contribution in [2.24, 2.45) is 0 Å². The van der Waals surface area contributed by atoms with Gasteiger partial charge in [-0.05, 0) is 31.0 Å². The van der Waals surface area contributed by atoms with Gasteiger partial charge in [-0.2, -0.15) is 0 Å². The maximum absolute atomic E-state index is 13.4. The highest BCUT2D eigenvalue weighted by atomic mass is 35.5. The molecule has 1 aromatic carbocycles. The molecule has 0 amide bonds. The van der Waals surface area contributed by atoms with Crippen molar-refractivity contribution in [2.45, 2.75) is 31.7 Å². The Morgan fingerprint density at radius 2 is 2.04 bits per heavy atom. The van der Waals surface area contributed by atoms with Crippen molar-refractivity contribution >= 4 is 40.1 Å². The van der Waals surface area contributed by atoms with Gasteiger partial charge in [0.1, 0.15) is 29.9 Å². The average molecular weight is 389 g/mol. The molecule has 27 heavy (non-hydrogen) atoms. The lowest BCUT2D eigenvalue weighted by atomic mass is 10.2. The highest BCUT2D eigenvalue weighted by Crippen LogP contribution is 2.28. The van der Waals surface area contributed by atoms with Gasteiger partial charge in [0.25, 0.3) is 0 Å². The smallest absolute Gasteiger partial charge is 0.228 e. The second kappa shape index (κ2) is 7.58. The zero-order valence-corrected chi connectivity index (χ0v) is 15.2. The van der Waals surface area contributed by atoms with E-state index in [0.717, 1.165) is 25.7 Å². The standard InChI is InChI=1S/C18H18ClFN6O/c19-13-7-11(5-6-14(13)20)24-17-16-15(22-9-23-17)8-21-18(25-16)26(10-27)12-3-1-2-4-12/h5-9,12,27H,1-4,10H2,(H,22,23,24). The Bertz CT molecular complexity index is 966. The second-order valence-corrected chi connectivity index (χ2v) is 6.84. The highest BCUT2D eigenvalue weighted by molar-refractivity contribution is 6.31. The fourth-order valence-corrected chi connectivity index (χ4v) is 3.52. The van der Waals surface area contributed by atoms with E-state index in [-0.39, 0.29) is 17.8 Å². The lowest BCUT2D eigenvalue weighted by Crippen LogP contribution is -2.35. The Balaban J connectivity index is 1.71. The minimum absolute atomic E-state index is 0.0152. The van der Waals surface area contributed by atoms with Crippen LogP contribution < -0.4 is 10.2 Å². The SMILES string of the molecule is OCN(c1ncc2ncnc(Nc3ccc(F)c(Cl)c3)c2n1)C1CCCC1. The van der Waals surface area contributed by atoms with Gasteiger partial charge in [-0.15, -0.1) is 0 Å².